The minimum atomic E-state index is 0.406. The van der Waals surface area contributed by atoms with Crippen molar-refractivity contribution in [1.29, 1.82) is 0 Å². The first kappa shape index (κ1) is 14.0. The maximum atomic E-state index is 6.08. The second-order valence-corrected chi connectivity index (χ2v) is 4.85. The number of hydrogen-bond donors (Lipinski definition) is 0. The van der Waals surface area contributed by atoms with Gasteiger partial charge in [0.25, 0.3) is 0 Å². The smallest absolute Gasteiger partial charge is 0.227 e. The van der Waals surface area contributed by atoms with Crippen LogP contribution in [0.5, 0.6) is 11.6 Å². The van der Waals surface area contributed by atoms with Gasteiger partial charge in [-0.2, -0.15) is 4.98 Å². The third-order valence-corrected chi connectivity index (χ3v) is 3.03. The van der Waals surface area contributed by atoms with Crippen LogP contribution in [0, 0.1) is 6.92 Å². The largest absolute Gasteiger partial charge is 0.437 e. The van der Waals surface area contributed by atoms with Crippen molar-refractivity contribution in [2.75, 3.05) is 0 Å². The van der Waals surface area contributed by atoms with Crippen LogP contribution in [0.1, 0.15) is 24.7 Å². The summed E-state index contributed by atoms with van der Waals surface area (Å²) < 4.78 is 5.68. The molecule has 2 aromatic heterocycles. The molecular formula is C13H13Cl2N3O. The molecule has 0 unspecified atom stereocenters. The summed E-state index contributed by atoms with van der Waals surface area (Å²) >= 11 is 11.9. The van der Waals surface area contributed by atoms with Crippen LogP contribution in [0.2, 0.25) is 10.2 Å². The summed E-state index contributed by atoms with van der Waals surface area (Å²) in [7, 11) is 0. The zero-order chi connectivity index (χ0) is 13.8. The predicted molar refractivity (Wildman–Crippen MR) is 75.1 cm³/mol. The molecule has 6 heteroatoms. The van der Waals surface area contributed by atoms with Gasteiger partial charge in [-0.3, -0.25) is 4.98 Å². The van der Waals surface area contributed by atoms with Gasteiger partial charge in [-0.1, -0.05) is 30.1 Å². The van der Waals surface area contributed by atoms with E-state index < -0.39 is 0 Å². The minimum Gasteiger partial charge on any atom is -0.437 e. The van der Waals surface area contributed by atoms with Gasteiger partial charge in [0.15, 0.2) is 0 Å². The van der Waals surface area contributed by atoms with Crippen LogP contribution in [0.25, 0.3) is 0 Å². The monoisotopic (exact) mass is 297 g/mol. The van der Waals surface area contributed by atoms with E-state index in [2.05, 4.69) is 21.9 Å². The fourth-order valence-electron chi connectivity index (χ4n) is 1.51. The molecular weight excluding hydrogens is 285 g/mol. The van der Waals surface area contributed by atoms with Gasteiger partial charge >= 0.3 is 0 Å². The molecule has 0 N–H and O–H groups in total. The molecule has 0 aliphatic rings. The standard InChI is InChI=1S/C13H13Cl2N3O/c1-3-4-11-17-12(15)8(2)13(18-11)19-10-5-9(14)6-16-7-10/h5-7H,3-4H2,1-2H3. The highest BCUT2D eigenvalue weighted by Gasteiger charge is 2.11. The molecule has 0 amide bonds. The van der Waals surface area contributed by atoms with Crippen LogP contribution < -0.4 is 4.74 Å². The van der Waals surface area contributed by atoms with Crippen molar-refractivity contribution in [3.05, 3.63) is 40.0 Å². The highest BCUT2D eigenvalue weighted by molar-refractivity contribution is 6.30. The van der Waals surface area contributed by atoms with Crippen LogP contribution in [-0.4, -0.2) is 15.0 Å². The van der Waals surface area contributed by atoms with Gasteiger partial charge in [0.1, 0.15) is 16.7 Å². The van der Waals surface area contributed by atoms with E-state index in [1.54, 1.807) is 12.3 Å². The lowest BCUT2D eigenvalue weighted by atomic mass is 10.3. The van der Waals surface area contributed by atoms with Crippen molar-refractivity contribution in [2.24, 2.45) is 0 Å². The van der Waals surface area contributed by atoms with Gasteiger partial charge in [-0.05, 0) is 13.3 Å². The van der Waals surface area contributed by atoms with E-state index in [-0.39, 0.29) is 0 Å². The van der Waals surface area contributed by atoms with E-state index in [4.69, 9.17) is 27.9 Å². The van der Waals surface area contributed by atoms with Gasteiger partial charge in [0.05, 0.1) is 11.2 Å². The molecule has 2 heterocycles. The normalized spacial score (nSPS) is 10.5. The maximum absolute atomic E-state index is 6.08. The molecule has 0 aromatic carbocycles. The first-order valence-corrected chi connectivity index (χ1v) is 6.67. The van der Waals surface area contributed by atoms with Crippen LogP contribution >= 0.6 is 23.2 Å². The number of pyridine rings is 1. The molecule has 2 rings (SSSR count). The molecule has 2 aromatic rings. The van der Waals surface area contributed by atoms with Crippen molar-refractivity contribution in [2.45, 2.75) is 26.7 Å². The second kappa shape index (κ2) is 6.17. The Bertz CT molecular complexity index is 590. The average molecular weight is 298 g/mol. The fraction of sp³-hybridized carbons (Fsp3) is 0.308. The molecule has 0 bridgehead atoms. The summed E-state index contributed by atoms with van der Waals surface area (Å²) in [6.45, 7) is 3.86. The number of hydrogen-bond acceptors (Lipinski definition) is 4. The number of ether oxygens (including phenoxy) is 1. The van der Waals surface area contributed by atoms with Gasteiger partial charge in [-0.25, -0.2) is 4.98 Å². The number of aryl methyl sites for hydroxylation is 1. The van der Waals surface area contributed by atoms with E-state index in [0.717, 1.165) is 12.8 Å². The number of aromatic nitrogens is 3. The van der Waals surface area contributed by atoms with Crippen LogP contribution in [0.4, 0.5) is 0 Å². The lowest BCUT2D eigenvalue weighted by Gasteiger charge is -2.10. The first-order chi connectivity index (χ1) is 9.10. The average Bonchev–Trinajstić information content (AvgIpc) is 2.36. The molecule has 0 aliphatic heterocycles. The highest BCUT2D eigenvalue weighted by atomic mass is 35.5. The third-order valence-electron chi connectivity index (χ3n) is 2.46. The molecule has 4 nitrogen and oxygen atoms in total. The molecule has 0 spiro atoms. The molecule has 0 aliphatic carbocycles. The molecule has 0 atom stereocenters. The van der Waals surface area contributed by atoms with Crippen LogP contribution in [0.15, 0.2) is 18.5 Å². The highest BCUT2D eigenvalue weighted by Crippen LogP contribution is 2.27. The zero-order valence-electron chi connectivity index (χ0n) is 10.7. The van der Waals surface area contributed by atoms with Crippen molar-refractivity contribution >= 4 is 23.2 Å². The Morgan fingerprint density at radius 3 is 2.68 bits per heavy atom. The van der Waals surface area contributed by atoms with Crippen molar-refractivity contribution in [3.8, 4) is 11.6 Å². The third kappa shape index (κ3) is 3.55. The van der Waals surface area contributed by atoms with Gasteiger partial charge in [0, 0.05) is 24.2 Å². The summed E-state index contributed by atoms with van der Waals surface area (Å²) in [4.78, 5) is 12.5. The zero-order valence-corrected chi connectivity index (χ0v) is 12.2. The van der Waals surface area contributed by atoms with Crippen molar-refractivity contribution in [1.82, 2.24) is 15.0 Å². The molecule has 0 saturated carbocycles. The lowest BCUT2D eigenvalue weighted by molar-refractivity contribution is 0.452. The van der Waals surface area contributed by atoms with E-state index in [1.165, 1.54) is 6.20 Å². The Balaban J connectivity index is 2.33. The van der Waals surface area contributed by atoms with Gasteiger partial charge in [-0.15, -0.1) is 0 Å². The number of nitrogens with zero attached hydrogens (tertiary/aromatic N) is 3. The second-order valence-electron chi connectivity index (χ2n) is 4.05. The molecule has 0 saturated heterocycles. The predicted octanol–water partition coefficient (Wildman–Crippen LogP) is 4.23. The Morgan fingerprint density at radius 2 is 2.00 bits per heavy atom. The number of rotatable bonds is 4. The van der Waals surface area contributed by atoms with Gasteiger partial charge < -0.3 is 4.74 Å². The van der Waals surface area contributed by atoms with E-state index in [1.807, 2.05) is 6.92 Å². The van der Waals surface area contributed by atoms with Gasteiger partial charge in [0.2, 0.25) is 5.88 Å². The molecule has 0 fully saturated rings. The van der Waals surface area contributed by atoms with Crippen molar-refractivity contribution in [3.63, 3.8) is 0 Å². The fourth-order valence-corrected chi connectivity index (χ4v) is 1.85. The Kier molecular flexibility index (Phi) is 4.56. The minimum absolute atomic E-state index is 0.406. The van der Waals surface area contributed by atoms with Crippen molar-refractivity contribution < 1.29 is 4.74 Å². The topological polar surface area (TPSA) is 47.9 Å². The Labute approximate surface area is 121 Å². The SMILES string of the molecule is CCCc1nc(Cl)c(C)c(Oc2cncc(Cl)c2)n1. The Hall–Kier alpha value is -1.39. The summed E-state index contributed by atoms with van der Waals surface area (Å²) in [6.07, 6.45) is 4.80. The van der Waals surface area contributed by atoms with E-state index >= 15 is 0 Å². The maximum Gasteiger partial charge on any atom is 0.227 e. The Morgan fingerprint density at radius 1 is 1.21 bits per heavy atom. The molecule has 19 heavy (non-hydrogen) atoms. The molecule has 100 valence electrons. The first-order valence-electron chi connectivity index (χ1n) is 5.91. The van der Waals surface area contributed by atoms with Crippen LogP contribution in [0.3, 0.4) is 0 Å². The lowest BCUT2D eigenvalue weighted by Crippen LogP contribution is -2.01. The van der Waals surface area contributed by atoms with E-state index in [9.17, 15) is 0 Å². The van der Waals surface area contributed by atoms with E-state index in [0.29, 0.717) is 33.2 Å². The van der Waals surface area contributed by atoms with Crippen LogP contribution in [-0.2, 0) is 6.42 Å². The summed E-state index contributed by atoms with van der Waals surface area (Å²) in [5.74, 6) is 1.63. The summed E-state index contributed by atoms with van der Waals surface area (Å²) in [6, 6.07) is 1.67. The summed E-state index contributed by atoms with van der Waals surface area (Å²) in [5, 5.41) is 0.910. The summed E-state index contributed by atoms with van der Waals surface area (Å²) in [5.41, 5.74) is 0.696. The quantitative estimate of drug-likeness (QED) is 0.792. The number of halogens is 2. The molecule has 0 radical (unpaired) electrons.